The summed E-state index contributed by atoms with van der Waals surface area (Å²) >= 11 is 0. The molecule has 2 aliphatic rings. The van der Waals surface area contributed by atoms with Gasteiger partial charge in [0.2, 0.25) is 0 Å². The highest BCUT2D eigenvalue weighted by Gasteiger charge is 2.54. The summed E-state index contributed by atoms with van der Waals surface area (Å²) in [7, 11) is 0. The van der Waals surface area contributed by atoms with E-state index < -0.39 is 0 Å². The highest BCUT2D eigenvalue weighted by atomic mass is 16.2. The number of aromatic amines is 1. The van der Waals surface area contributed by atoms with Crippen LogP contribution in [0, 0.1) is 5.41 Å². The van der Waals surface area contributed by atoms with Gasteiger partial charge in [0.15, 0.2) is 0 Å². The Hall–Kier alpha value is -3.48. The van der Waals surface area contributed by atoms with E-state index in [9.17, 15) is 9.59 Å². The molecule has 0 unspecified atom stereocenters. The maximum absolute atomic E-state index is 12.6. The normalized spacial score (nSPS) is 25.2. The second kappa shape index (κ2) is 6.26. The molecule has 2 N–H and O–H groups in total. The lowest BCUT2D eigenvalue weighted by atomic mass is 9.49. The van der Waals surface area contributed by atoms with Gasteiger partial charge in [-0.25, -0.2) is 10.1 Å². The molecule has 7 heteroatoms. The predicted molar refractivity (Wildman–Crippen MR) is 112 cm³/mol. The lowest BCUT2D eigenvalue weighted by Crippen LogP contribution is -2.55. The number of benzene rings is 1. The van der Waals surface area contributed by atoms with Gasteiger partial charge in [0.25, 0.3) is 11.5 Å². The third kappa shape index (κ3) is 2.65. The number of pyridine rings is 1. The van der Waals surface area contributed by atoms with E-state index in [1.807, 2.05) is 53.1 Å². The van der Waals surface area contributed by atoms with Crippen LogP contribution in [0.2, 0.25) is 0 Å². The van der Waals surface area contributed by atoms with E-state index in [-0.39, 0.29) is 17.5 Å². The maximum Gasteiger partial charge on any atom is 0.272 e. The summed E-state index contributed by atoms with van der Waals surface area (Å²) < 4.78 is 1.86. The fraction of sp³-hybridized carbons (Fsp3) is 0.304. The molecular formula is C23H21N5O2. The second-order valence-corrected chi connectivity index (χ2v) is 8.76. The SMILES string of the molecule is O=C(NC1CC2(C1)CC(c1n[nH]c(=O)c3ccccc13)C2)c1cn2ccccc2n1. The number of fused-ring (bicyclic) bond motifs is 2. The van der Waals surface area contributed by atoms with Crippen LogP contribution >= 0.6 is 0 Å². The summed E-state index contributed by atoms with van der Waals surface area (Å²) in [4.78, 5) is 29.0. The average Bonchev–Trinajstić information content (AvgIpc) is 3.14. The highest BCUT2D eigenvalue weighted by molar-refractivity contribution is 5.93. The van der Waals surface area contributed by atoms with E-state index in [0.29, 0.717) is 22.4 Å². The van der Waals surface area contributed by atoms with Crippen LogP contribution in [-0.2, 0) is 0 Å². The van der Waals surface area contributed by atoms with Crippen molar-refractivity contribution in [3.63, 3.8) is 0 Å². The Morgan fingerprint density at radius 1 is 1.07 bits per heavy atom. The minimum absolute atomic E-state index is 0.109. The van der Waals surface area contributed by atoms with Crippen molar-refractivity contribution in [2.45, 2.75) is 37.6 Å². The average molecular weight is 399 g/mol. The Kier molecular flexibility index (Phi) is 3.63. The molecule has 2 saturated carbocycles. The van der Waals surface area contributed by atoms with Crippen molar-refractivity contribution in [1.82, 2.24) is 24.9 Å². The fourth-order valence-corrected chi connectivity index (χ4v) is 5.35. The Balaban J connectivity index is 1.11. The van der Waals surface area contributed by atoms with Crippen molar-refractivity contribution < 1.29 is 4.79 Å². The van der Waals surface area contributed by atoms with Crippen molar-refractivity contribution in [1.29, 1.82) is 0 Å². The molecule has 0 radical (unpaired) electrons. The van der Waals surface area contributed by atoms with Gasteiger partial charge < -0.3 is 9.72 Å². The summed E-state index contributed by atoms with van der Waals surface area (Å²) in [5.41, 5.74) is 2.38. The Labute approximate surface area is 172 Å². The number of carbonyl (C=O) groups excluding carboxylic acids is 1. The number of hydrogen-bond donors (Lipinski definition) is 2. The number of carbonyl (C=O) groups is 1. The molecule has 0 atom stereocenters. The number of imidazole rings is 1. The molecule has 6 rings (SSSR count). The number of aromatic nitrogens is 4. The first-order valence-electron chi connectivity index (χ1n) is 10.3. The standard InChI is InChI=1S/C23H21N5O2/c29-21-17-6-2-1-5-16(17)20(26-27-21)14-9-23(10-14)11-15(12-23)24-22(30)18-13-28-8-4-3-7-19(28)25-18/h1-8,13-15H,9-12H2,(H,24,30)(H,27,29). The smallest absolute Gasteiger partial charge is 0.272 e. The van der Waals surface area contributed by atoms with E-state index >= 15 is 0 Å². The quantitative estimate of drug-likeness (QED) is 0.554. The van der Waals surface area contributed by atoms with E-state index in [2.05, 4.69) is 20.5 Å². The number of nitrogens with one attached hydrogen (secondary N) is 2. The van der Waals surface area contributed by atoms with Gasteiger partial charge in [0, 0.05) is 29.7 Å². The maximum atomic E-state index is 12.6. The monoisotopic (exact) mass is 399 g/mol. The summed E-state index contributed by atoms with van der Waals surface area (Å²) in [5.74, 6) is 0.254. The first-order valence-corrected chi connectivity index (χ1v) is 10.3. The van der Waals surface area contributed by atoms with Crippen molar-refractivity contribution >= 4 is 22.3 Å². The molecule has 0 saturated heterocycles. The van der Waals surface area contributed by atoms with Crippen molar-refractivity contribution in [3.8, 4) is 0 Å². The van der Waals surface area contributed by atoms with Gasteiger partial charge in [-0.05, 0) is 49.3 Å². The van der Waals surface area contributed by atoms with Gasteiger partial charge in [-0.3, -0.25) is 9.59 Å². The number of rotatable bonds is 3. The van der Waals surface area contributed by atoms with Crippen LogP contribution < -0.4 is 10.9 Å². The van der Waals surface area contributed by atoms with Crippen LogP contribution in [0.4, 0.5) is 0 Å². The summed E-state index contributed by atoms with van der Waals surface area (Å²) in [6, 6.07) is 13.6. The fourth-order valence-electron chi connectivity index (χ4n) is 5.35. The van der Waals surface area contributed by atoms with E-state index in [4.69, 9.17) is 0 Å². The first-order chi connectivity index (χ1) is 14.6. The van der Waals surface area contributed by atoms with E-state index in [1.54, 1.807) is 6.20 Å². The molecule has 150 valence electrons. The molecule has 7 nitrogen and oxygen atoms in total. The molecule has 2 aliphatic carbocycles. The van der Waals surface area contributed by atoms with Crippen molar-refractivity contribution in [2.75, 3.05) is 0 Å². The second-order valence-electron chi connectivity index (χ2n) is 8.76. The highest BCUT2D eigenvalue weighted by Crippen LogP contribution is 2.62. The van der Waals surface area contributed by atoms with Crippen LogP contribution in [0.1, 0.15) is 47.8 Å². The molecule has 1 aromatic carbocycles. The van der Waals surface area contributed by atoms with Crippen molar-refractivity contribution in [2.24, 2.45) is 5.41 Å². The number of amides is 1. The van der Waals surface area contributed by atoms with Gasteiger partial charge in [-0.15, -0.1) is 0 Å². The van der Waals surface area contributed by atoms with Crippen LogP contribution in [0.15, 0.2) is 59.7 Å². The van der Waals surface area contributed by atoms with Gasteiger partial charge in [0.1, 0.15) is 11.3 Å². The van der Waals surface area contributed by atoms with Gasteiger partial charge in [-0.2, -0.15) is 5.10 Å². The van der Waals surface area contributed by atoms with Gasteiger partial charge >= 0.3 is 0 Å². The molecule has 0 aliphatic heterocycles. The summed E-state index contributed by atoms with van der Waals surface area (Å²) in [5, 5.41) is 11.8. The summed E-state index contributed by atoms with van der Waals surface area (Å²) in [6.45, 7) is 0. The Bertz CT molecular complexity index is 1310. The predicted octanol–water partition coefficient (Wildman–Crippen LogP) is 3.03. The molecule has 4 aromatic rings. The van der Waals surface area contributed by atoms with E-state index in [1.165, 1.54) is 0 Å². The van der Waals surface area contributed by atoms with Gasteiger partial charge in [-0.1, -0.05) is 24.3 Å². The molecule has 1 spiro atoms. The molecule has 3 heterocycles. The zero-order chi connectivity index (χ0) is 20.3. The minimum Gasteiger partial charge on any atom is -0.348 e. The summed E-state index contributed by atoms with van der Waals surface area (Å²) in [6.07, 6.45) is 7.74. The number of hydrogen-bond acceptors (Lipinski definition) is 4. The van der Waals surface area contributed by atoms with Crippen LogP contribution in [0.3, 0.4) is 0 Å². The van der Waals surface area contributed by atoms with Crippen LogP contribution in [-0.4, -0.2) is 31.5 Å². The lowest BCUT2D eigenvalue weighted by Gasteiger charge is -2.57. The molecule has 1 amide bonds. The first kappa shape index (κ1) is 17.4. The van der Waals surface area contributed by atoms with Crippen LogP contribution in [0.25, 0.3) is 16.4 Å². The zero-order valence-corrected chi connectivity index (χ0v) is 16.3. The van der Waals surface area contributed by atoms with Crippen molar-refractivity contribution in [3.05, 3.63) is 76.6 Å². The molecule has 2 fully saturated rings. The van der Waals surface area contributed by atoms with Gasteiger partial charge in [0.05, 0.1) is 11.1 Å². The molecule has 0 bridgehead atoms. The van der Waals surface area contributed by atoms with Crippen LogP contribution in [0.5, 0.6) is 0 Å². The molecule has 3 aromatic heterocycles. The number of H-pyrrole nitrogens is 1. The Morgan fingerprint density at radius 2 is 1.83 bits per heavy atom. The Morgan fingerprint density at radius 3 is 2.63 bits per heavy atom. The topological polar surface area (TPSA) is 92.1 Å². The zero-order valence-electron chi connectivity index (χ0n) is 16.3. The lowest BCUT2D eigenvalue weighted by molar-refractivity contribution is -0.0197. The minimum atomic E-state index is -0.137. The molecular weight excluding hydrogens is 378 g/mol. The van der Waals surface area contributed by atoms with E-state index in [0.717, 1.165) is 42.4 Å². The third-order valence-corrected chi connectivity index (χ3v) is 6.76. The largest absolute Gasteiger partial charge is 0.348 e. The molecule has 30 heavy (non-hydrogen) atoms. The number of nitrogens with zero attached hydrogens (tertiary/aromatic N) is 3. The third-order valence-electron chi connectivity index (χ3n) is 6.76.